The summed E-state index contributed by atoms with van der Waals surface area (Å²) in [5.74, 6) is 2.23. The monoisotopic (exact) mass is 312 g/mol. The van der Waals surface area contributed by atoms with E-state index in [0.29, 0.717) is 5.92 Å². The molecule has 2 fully saturated rings. The molecule has 4 heterocycles. The topological polar surface area (TPSA) is 67.3 Å². The van der Waals surface area contributed by atoms with Crippen LogP contribution < -0.4 is 9.80 Å². The van der Waals surface area contributed by atoms with Crippen molar-refractivity contribution in [3.63, 3.8) is 0 Å². The van der Waals surface area contributed by atoms with Crippen LogP contribution in [0.15, 0.2) is 30.9 Å². The quantitative estimate of drug-likeness (QED) is 0.840. The molecule has 2 aliphatic heterocycles. The molecule has 2 aromatic heterocycles. The fraction of sp³-hybridized carbons (Fsp3) is 0.500. The number of ether oxygens (including phenoxy) is 1. The second-order valence-corrected chi connectivity index (χ2v) is 5.88. The molecule has 2 aromatic rings. The molecule has 0 spiro atoms. The zero-order valence-electron chi connectivity index (χ0n) is 13.0. The zero-order chi connectivity index (χ0) is 15.5. The van der Waals surface area contributed by atoms with Crippen molar-refractivity contribution in [1.82, 2.24) is 19.9 Å². The van der Waals surface area contributed by atoms with Gasteiger partial charge in [0.05, 0.1) is 12.3 Å². The van der Waals surface area contributed by atoms with Gasteiger partial charge < -0.3 is 14.5 Å². The Hall–Kier alpha value is -2.28. The third-order valence-corrected chi connectivity index (χ3v) is 4.46. The van der Waals surface area contributed by atoms with Crippen LogP contribution in [0.1, 0.15) is 18.0 Å². The van der Waals surface area contributed by atoms with Crippen molar-refractivity contribution < 1.29 is 4.74 Å². The fourth-order valence-corrected chi connectivity index (χ4v) is 3.12. The SMILES string of the molecule is c1cnc(N2CCN(c3cc(C4CCOC4)ncn3)CC2)nc1. The Morgan fingerprint density at radius 1 is 0.957 bits per heavy atom. The first-order valence-electron chi connectivity index (χ1n) is 8.07. The lowest BCUT2D eigenvalue weighted by Gasteiger charge is -2.35. The Labute approximate surface area is 135 Å². The molecule has 0 aliphatic carbocycles. The van der Waals surface area contributed by atoms with E-state index in [4.69, 9.17) is 4.74 Å². The molecule has 0 amide bonds. The van der Waals surface area contributed by atoms with Crippen LogP contribution >= 0.6 is 0 Å². The summed E-state index contributed by atoms with van der Waals surface area (Å²) in [7, 11) is 0. The molecule has 1 atom stereocenters. The Balaban J connectivity index is 1.43. The van der Waals surface area contributed by atoms with Gasteiger partial charge in [0, 0.05) is 57.2 Å². The van der Waals surface area contributed by atoms with Crippen LogP contribution in [-0.2, 0) is 4.74 Å². The highest BCUT2D eigenvalue weighted by Crippen LogP contribution is 2.25. The Morgan fingerprint density at radius 3 is 2.48 bits per heavy atom. The number of aromatic nitrogens is 4. The second-order valence-electron chi connectivity index (χ2n) is 5.88. The first kappa shape index (κ1) is 14.3. The van der Waals surface area contributed by atoms with Crippen molar-refractivity contribution in [2.75, 3.05) is 49.2 Å². The second kappa shape index (κ2) is 6.45. The molecule has 2 saturated heterocycles. The summed E-state index contributed by atoms with van der Waals surface area (Å²) in [4.78, 5) is 22.1. The average Bonchev–Trinajstić information content (AvgIpc) is 3.18. The van der Waals surface area contributed by atoms with Gasteiger partial charge in [0.25, 0.3) is 0 Å². The molecular weight excluding hydrogens is 292 g/mol. The van der Waals surface area contributed by atoms with E-state index in [2.05, 4.69) is 35.8 Å². The summed E-state index contributed by atoms with van der Waals surface area (Å²) in [5, 5.41) is 0. The van der Waals surface area contributed by atoms with Crippen LogP contribution in [0.25, 0.3) is 0 Å². The molecule has 4 rings (SSSR count). The van der Waals surface area contributed by atoms with E-state index in [-0.39, 0.29) is 0 Å². The van der Waals surface area contributed by atoms with Crippen molar-refractivity contribution in [1.29, 1.82) is 0 Å². The summed E-state index contributed by atoms with van der Waals surface area (Å²) in [6.07, 6.45) is 6.30. The molecule has 0 radical (unpaired) electrons. The molecule has 7 heteroatoms. The van der Waals surface area contributed by atoms with Crippen molar-refractivity contribution in [2.45, 2.75) is 12.3 Å². The summed E-state index contributed by atoms with van der Waals surface area (Å²) >= 11 is 0. The largest absolute Gasteiger partial charge is 0.381 e. The van der Waals surface area contributed by atoms with E-state index in [9.17, 15) is 0 Å². The van der Waals surface area contributed by atoms with Gasteiger partial charge in [0.2, 0.25) is 5.95 Å². The molecule has 23 heavy (non-hydrogen) atoms. The first-order chi connectivity index (χ1) is 11.4. The predicted octanol–water partition coefficient (Wildman–Crippen LogP) is 1.10. The maximum absolute atomic E-state index is 5.47. The lowest BCUT2D eigenvalue weighted by atomic mass is 10.0. The van der Waals surface area contributed by atoms with E-state index >= 15 is 0 Å². The molecule has 0 aromatic carbocycles. The third kappa shape index (κ3) is 3.10. The van der Waals surface area contributed by atoms with E-state index in [0.717, 1.165) is 63.3 Å². The van der Waals surface area contributed by atoms with Crippen LogP contribution in [-0.4, -0.2) is 59.3 Å². The maximum atomic E-state index is 5.47. The minimum absolute atomic E-state index is 0.413. The minimum atomic E-state index is 0.413. The number of hydrogen-bond acceptors (Lipinski definition) is 7. The summed E-state index contributed by atoms with van der Waals surface area (Å²) < 4.78 is 5.47. The lowest BCUT2D eigenvalue weighted by Crippen LogP contribution is -2.47. The van der Waals surface area contributed by atoms with Crippen molar-refractivity contribution in [3.05, 3.63) is 36.5 Å². The van der Waals surface area contributed by atoms with Crippen LogP contribution in [0.4, 0.5) is 11.8 Å². The van der Waals surface area contributed by atoms with Crippen molar-refractivity contribution in [2.24, 2.45) is 0 Å². The fourth-order valence-electron chi connectivity index (χ4n) is 3.12. The number of nitrogens with zero attached hydrogens (tertiary/aromatic N) is 6. The third-order valence-electron chi connectivity index (χ3n) is 4.46. The van der Waals surface area contributed by atoms with Crippen molar-refractivity contribution >= 4 is 11.8 Å². The van der Waals surface area contributed by atoms with Gasteiger partial charge in [-0.15, -0.1) is 0 Å². The van der Waals surface area contributed by atoms with E-state index < -0.39 is 0 Å². The number of hydrogen-bond donors (Lipinski definition) is 0. The van der Waals surface area contributed by atoms with Crippen LogP contribution in [0.5, 0.6) is 0 Å². The summed E-state index contributed by atoms with van der Waals surface area (Å²) in [5.41, 5.74) is 1.10. The van der Waals surface area contributed by atoms with Gasteiger partial charge >= 0.3 is 0 Å². The van der Waals surface area contributed by atoms with Gasteiger partial charge in [-0.2, -0.15) is 0 Å². The van der Waals surface area contributed by atoms with Crippen LogP contribution in [0.3, 0.4) is 0 Å². The molecule has 0 N–H and O–H groups in total. The molecular formula is C16H20N6O. The van der Waals surface area contributed by atoms with Gasteiger partial charge in [-0.1, -0.05) is 0 Å². The normalized spacial score (nSPS) is 21.7. The lowest BCUT2D eigenvalue weighted by molar-refractivity contribution is 0.193. The highest BCUT2D eigenvalue weighted by Gasteiger charge is 2.23. The summed E-state index contributed by atoms with van der Waals surface area (Å²) in [6.45, 7) is 5.23. The van der Waals surface area contributed by atoms with Crippen molar-refractivity contribution in [3.8, 4) is 0 Å². The predicted molar refractivity (Wildman–Crippen MR) is 86.7 cm³/mol. The molecule has 1 unspecified atom stereocenters. The average molecular weight is 312 g/mol. The van der Waals surface area contributed by atoms with Gasteiger partial charge in [0.1, 0.15) is 12.1 Å². The summed E-state index contributed by atoms with van der Waals surface area (Å²) in [6, 6.07) is 3.96. The number of anilines is 2. The van der Waals surface area contributed by atoms with Gasteiger partial charge in [-0.05, 0) is 12.5 Å². The van der Waals surface area contributed by atoms with Crippen LogP contribution in [0, 0.1) is 0 Å². The molecule has 0 saturated carbocycles. The Bertz CT molecular complexity index is 638. The Kier molecular flexibility index (Phi) is 4.02. The van der Waals surface area contributed by atoms with Gasteiger partial charge in [0.15, 0.2) is 0 Å². The smallest absolute Gasteiger partial charge is 0.225 e. The first-order valence-corrected chi connectivity index (χ1v) is 8.07. The van der Waals surface area contributed by atoms with Crippen LogP contribution in [0.2, 0.25) is 0 Å². The highest BCUT2D eigenvalue weighted by molar-refractivity contribution is 5.43. The number of piperazine rings is 1. The zero-order valence-corrected chi connectivity index (χ0v) is 13.0. The molecule has 0 bridgehead atoms. The molecule has 7 nitrogen and oxygen atoms in total. The molecule has 2 aliphatic rings. The van der Waals surface area contributed by atoms with E-state index in [1.54, 1.807) is 18.7 Å². The minimum Gasteiger partial charge on any atom is -0.381 e. The Morgan fingerprint density at radius 2 is 1.74 bits per heavy atom. The maximum Gasteiger partial charge on any atom is 0.225 e. The molecule has 120 valence electrons. The number of rotatable bonds is 3. The standard InChI is InChI=1S/C16H20N6O/c1-3-17-16(18-4-1)22-7-5-21(6-8-22)15-10-14(19-12-20-15)13-2-9-23-11-13/h1,3-4,10,12-13H,2,5-9,11H2. The van der Waals surface area contributed by atoms with E-state index in [1.165, 1.54) is 0 Å². The van der Waals surface area contributed by atoms with Gasteiger partial charge in [-0.25, -0.2) is 19.9 Å². The highest BCUT2D eigenvalue weighted by atomic mass is 16.5. The van der Waals surface area contributed by atoms with E-state index in [1.807, 2.05) is 6.07 Å². The van der Waals surface area contributed by atoms with Gasteiger partial charge in [-0.3, -0.25) is 0 Å².